The fraction of sp³-hybridized carbons (Fsp3) is 0.300. The van der Waals surface area contributed by atoms with E-state index in [0.717, 1.165) is 0 Å². The molecule has 5 heteroatoms. The maximum atomic E-state index is 10.5. The molecule has 0 bridgehead atoms. The third kappa shape index (κ3) is 3.70. The van der Waals surface area contributed by atoms with Crippen molar-refractivity contribution in [3.63, 3.8) is 0 Å². The summed E-state index contributed by atoms with van der Waals surface area (Å²) >= 11 is 11.6. The molecule has 1 unspecified atom stereocenters. The van der Waals surface area contributed by atoms with Gasteiger partial charge in [-0.15, -0.1) is 0 Å². The normalized spacial score (nSPS) is 12.5. The largest absolute Gasteiger partial charge is 0.479 e. The van der Waals surface area contributed by atoms with Crippen molar-refractivity contribution in [1.82, 2.24) is 0 Å². The maximum Gasteiger partial charge on any atom is 0.332 e. The number of hydrogen-bond acceptors (Lipinski definition) is 2. The Morgan fingerprint density at radius 1 is 1.53 bits per heavy atom. The van der Waals surface area contributed by atoms with Crippen LogP contribution in [0.5, 0.6) is 0 Å². The summed E-state index contributed by atoms with van der Waals surface area (Å²) in [6.45, 7) is 1.62. The van der Waals surface area contributed by atoms with E-state index in [0.29, 0.717) is 15.6 Å². The quantitative estimate of drug-likeness (QED) is 0.892. The molecular weight excluding hydrogens is 239 g/mol. The van der Waals surface area contributed by atoms with E-state index in [1.165, 1.54) is 6.92 Å². The first kappa shape index (κ1) is 12.3. The van der Waals surface area contributed by atoms with Gasteiger partial charge in [-0.1, -0.05) is 29.3 Å². The minimum Gasteiger partial charge on any atom is -0.479 e. The van der Waals surface area contributed by atoms with Gasteiger partial charge in [0.15, 0.2) is 6.10 Å². The van der Waals surface area contributed by atoms with E-state index in [-0.39, 0.29) is 6.61 Å². The van der Waals surface area contributed by atoms with Gasteiger partial charge in [-0.25, -0.2) is 4.79 Å². The van der Waals surface area contributed by atoms with Gasteiger partial charge >= 0.3 is 5.97 Å². The summed E-state index contributed by atoms with van der Waals surface area (Å²) in [5, 5.41) is 9.60. The summed E-state index contributed by atoms with van der Waals surface area (Å²) in [4.78, 5) is 10.5. The van der Waals surface area contributed by atoms with E-state index in [4.69, 9.17) is 33.0 Å². The van der Waals surface area contributed by atoms with E-state index >= 15 is 0 Å². The Kier molecular flexibility index (Phi) is 4.39. The molecule has 3 nitrogen and oxygen atoms in total. The summed E-state index contributed by atoms with van der Waals surface area (Å²) in [5.74, 6) is -1.000. The van der Waals surface area contributed by atoms with Crippen molar-refractivity contribution in [1.29, 1.82) is 0 Å². The SMILES string of the molecule is CC(OCc1ccc(Cl)cc1Cl)C(=O)O. The van der Waals surface area contributed by atoms with Crippen LogP contribution in [0.3, 0.4) is 0 Å². The van der Waals surface area contributed by atoms with Crippen LogP contribution in [0.2, 0.25) is 10.0 Å². The van der Waals surface area contributed by atoms with Crippen molar-refractivity contribution in [2.45, 2.75) is 19.6 Å². The van der Waals surface area contributed by atoms with Crippen molar-refractivity contribution in [3.05, 3.63) is 33.8 Å². The van der Waals surface area contributed by atoms with Crippen molar-refractivity contribution in [2.24, 2.45) is 0 Å². The van der Waals surface area contributed by atoms with Gasteiger partial charge in [0.05, 0.1) is 6.61 Å². The molecule has 15 heavy (non-hydrogen) atoms. The summed E-state index contributed by atoms with van der Waals surface area (Å²) in [6, 6.07) is 4.98. The highest BCUT2D eigenvalue weighted by Crippen LogP contribution is 2.21. The highest BCUT2D eigenvalue weighted by molar-refractivity contribution is 6.35. The topological polar surface area (TPSA) is 46.5 Å². The van der Waals surface area contributed by atoms with Crippen molar-refractivity contribution < 1.29 is 14.6 Å². The molecule has 0 radical (unpaired) electrons. The predicted octanol–water partition coefficient (Wildman–Crippen LogP) is 2.98. The zero-order valence-electron chi connectivity index (χ0n) is 8.04. The Bertz CT molecular complexity index is 366. The Morgan fingerprint density at radius 2 is 2.20 bits per heavy atom. The second kappa shape index (κ2) is 5.35. The first-order chi connectivity index (χ1) is 7.00. The second-order valence-corrected chi connectivity index (χ2v) is 3.87. The summed E-state index contributed by atoms with van der Waals surface area (Å²) in [6.07, 6.45) is -0.850. The first-order valence-electron chi connectivity index (χ1n) is 4.29. The molecule has 0 amide bonds. The average molecular weight is 249 g/mol. The molecule has 0 heterocycles. The lowest BCUT2D eigenvalue weighted by Gasteiger charge is -2.09. The molecule has 0 saturated carbocycles. The fourth-order valence-corrected chi connectivity index (χ4v) is 1.39. The minimum absolute atomic E-state index is 0.156. The zero-order chi connectivity index (χ0) is 11.4. The van der Waals surface area contributed by atoms with Crippen LogP contribution in [0.15, 0.2) is 18.2 Å². The molecule has 0 fully saturated rings. The molecule has 0 spiro atoms. The minimum atomic E-state index is -1.000. The van der Waals surface area contributed by atoms with Gasteiger partial charge in [-0.2, -0.15) is 0 Å². The van der Waals surface area contributed by atoms with Gasteiger partial charge in [0.25, 0.3) is 0 Å². The monoisotopic (exact) mass is 248 g/mol. The molecule has 1 aromatic carbocycles. The zero-order valence-corrected chi connectivity index (χ0v) is 9.55. The maximum absolute atomic E-state index is 10.5. The second-order valence-electron chi connectivity index (χ2n) is 3.03. The lowest BCUT2D eigenvalue weighted by molar-refractivity contribution is -0.149. The molecule has 82 valence electrons. The Labute approximate surface area is 97.6 Å². The van der Waals surface area contributed by atoms with Crippen LogP contribution in [-0.4, -0.2) is 17.2 Å². The van der Waals surface area contributed by atoms with Crippen molar-refractivity contribution in [2.75, 3.05) is 0 Å². The van der Waals surface area contributed by atoms with Crippen LogP contribution in [0.1, 0.15) is 12.5 Å². The Balaban J connectivity index is 2.62. The van der Waals surface area contributed by atoms with Crippen LogP contribution in [0.4, 0.5) is 0 Å². The van der Waals surface area contributed by atoms with Crippen LogP contribution >= 0.6 is 23.2 Å². The molecule has 0 saturated heterocycles. The average Bonchev–Trinajstić information content (AvgIpc) is 2.15. The van der Waals surface area contributed by atoms with E-state index in [1.54, 1.807) is 18.2 Å². The summed E-state index contributed by atoms with van der Waals surface area (Å²) in [5.41, 5.74) is 0.717. The predicted molar refractivity (Wildman–Crippen MR) is 58.3 cm³/mol. The van der Waals surface area contributed by atoms with E-state index in [9.17, 15) is 4.79 Å². The van der Waals surface area contributed by atoms with Gasteiger partial charge in [0, 0.05) is 10.0 Å². The number of ether oxygens (including phenoxy) is 1. The van der Waals surface area contributed by atoms with Crippen LogP contribution in [-0.2, 0) is 16.1 Å². The summed E-state index contributed by atoms with van der Waals surface area (Å²) in [7, 11) is 0. The molecule has 0 aliphatic rings. The highest BCUT2D eigenvalue weighted by atomic mass is 35.5. The van der Waals surface area contributed by atoms with Gasteiger partial charge in [0.1, 0.15) is 0 Å². The van der Waals surface area contributed by atoms with Gasteiger partial charge in [0.2, 0.25) is 0 Å². The molecule has 0 aliphatic heterocycles. The van der Waals surface area contributed by atoms with Crippen molar-refractivity contribution in [3.8, 4) is 0 Å². The van der Waals surface area contributed by atoms with Crippen molar-refractivity contribution >= 4 is 29.2 Å². The number of aliphatic carboxylic acids is 1. The van der Waals surface area contributed by atoms with Gasteiger partial charge < -0.3 is 9.84 Å². The molecule has 1 aromatic rings. The molecule has 1 rings (SSSR count). The van der Waals surface area contributed by atoms with E-state index < -0.39 is 12.1 Å². The fourth-order valence-electron chi connectivity index (χ4n) is 0.925. The first-order valence-corrected chi connectivity index (χ1v) is 5.04. The number of hydrogen-bond donors (Lipinski definition) is 1. The molecule has 0 aliphatic carbocycles. The van der Waals surface area contributed by atoms with Crippen LogP contribution < -0.4 is 0 Å². The van der Waals surface area contributed by atoms with E-state index in [1.807, 2.05) is 0 Å². The number of halogens is 2. The molecule has 1 atom stereocenters. The lowest BCUT2D eigenvalue weighted by atomic mass is 10.2. The van der Waals surface area contributed by atoms with Crippen LogP contribution in [0.25, 0.3) is 0 Å². The smallest absolute Gasteiger partial charge is 0.332 e. The Hall–Kier alpha value is -0.770. The number of carbonyl (C=O) groups is 1. The Morgan fingerprint density at radius 3 is 2.73 bits per heavy atom. The lowest BCUT2D eigenvalue weighted by Crippen LogP contribution is -2.19. The number of rotatable bonds is 4. The van der Waals surface area contributed by atoms with Gasteiger partial charge in [-0.05, 0) is 24.6 Å². The standard InChI is InChI=1S/C10H10Cl2O3/c1-6(10(13)14)15-5-7-2-3-8(11)4-9(7)12/h2-4,6H,5H2,1H3,(H,13,14). The molecular formula is C10H10Cl2O3. The third-order valence-electron chi connectivity index (χ3n) is 1.85. The van der Waals surface area contributed by atoms with Crippen LogP contribution in [0, 0.1) is 0 Å². The van der Waals surface area contributed by atoms with E-state index in [2.05, 4.69) is 0 Å². The summed E-state index contributed by atoms with van der Waals surface area (Å²) < 4.78 is 5.08. The number of carboxylic acid groups (broad SMARTS) is 1. The molecule has 1 N–H and O–H groups in total. The third-order valence-corrected chi connectivity index (χ3v) is 2.44. The number of carboxylic acids is 1. The van der Waals surface area contributed by atoms with Gasteiger partial charge in [-0.3, -0.25) is 0 Å². The highest BCUT2D eigenvalue weighted by Gasteiger charge is 2.11. The number of benzene rings is 1. The molecule has 0 aromatic heterocycles.